The monoisotopic (exact) mass is 390 g/mol. The Labute approximate surface area is 153 Å². The van der Waals surface area contributed by atoms with Crippen molar-refractivity contribution in [3.63, 3.8) is 0 Å². The van der Waals surface area contributed by atoms with Crippen LogP contribution in [0, 0.1) is 11.8 Å². The van der Waals surface area contributed by atoms with E-state index in [0.717, 1.165) is 6.26 Å². The highest BCUT2D eigenvalue weighted by molar-refractivity contribution is 5.87. The van der Waals surface area contributed by atoms with Crippen molar-refractivity contribution in [2.75, 3.05) is 13.2 Å². The molecule has 1 saturated heterocycles. The van der Waals surface area contributed by atoms with Gasteiger partial charge in [0.15, 0.2) is 6.29 Å². The van der Waals surface area contributed by atoms with E-state index in [1.165, 1.54) is 12.2 Å². The lowest BCUT2D eigenvalue weighted by Gasteiger charge is -2.44. The smallest absolute Gasteiger partial charge is 0.335 e. The molecule has 0 amide bonds. The van der Waals surface area contributed by atoms with Crippen LogP contribution in [0.2, 0.25) is 0 Å². The zero-order valence-corrected chi connectivity index (χ0v) is 14.0. The van der Waals surface area contributed by atoms with Crippen LogP contribution in [0.15, 0.2) is 24.0 Å². The molecule has 152 valence electrons. The van der Waals surface area contributed by atoms with Gasteiger partial charge in [-0.2, -0.15) is 0 Å². The third-order valence-electron chi connectivity index (χ3n) is 5.15. The number of carboxylic acid groups (broad SMARTS) is 1. The van der Waals surface area contributed by atoms with E-state index >= 15 is 0 Å². The van der Waals surface area contributed by atoms with E-state index in [0.29, 0.717) is 0 Å². The molecule has 0 bridgehead atoms. The van der Waals surface area contributed by atoms with E-state index in [2.05, 4.69) is 0 Å². The largest absolute Gasteiger partial charge is 0.478 e. The van der Waals surface area contributed by atoms with Crippen LogP contribution in [-0.4, -0.2) is 97.5 Å². The van der Waals surface area contributed by atoms with Crippen LogP contribution in [0.5, 0.6) is 0 Å². The van der Waals surface area contributed by atoms with Crippen molar-refractivity contribution in [3.8, 4) is 0 Å². The van der Waals surface area contributed by atoms with Gasteiger partial charge < -0.3 is 50.0 Å². The SMILES string of the molecule is O=C(O)C1=COC(O[C@@H]2O[C@H](CO)[C@@H](O)[C@H](O)[C@H]2O)C2[C@@H]1C=C[C@]2(O)CO. The zero-order chi connectivity index (χ0) is 19.9. The van der Waals surface area contributed by atoms with Crippen molar-refractivity contribution < 1.29 is 54.8 Å². The molecule has 0 spiro atoms. The topological polar surface area (TPSA) is 186 Å². The maximum absolute atomic E-state index is 11.4. The number of aliphatic hydroxyl groups excluding tert-OH is 5. The van der Waals surface area contributed by atoms with Crippen LogP contribution in [0.25, 0.3) is 0 Å². The molecule has 7 N–H and O–H groups in total. The molecule has 2 aliphatic heterocycles. The van der Waals surface area contributed by atoms with E-state index in [1.54, 1.807) is 0 Å². The predicted molar refractivity (Wildman–Crippen MR) is 83.6 cm³/mol. The molecule has 0 aromatic heterocycles. The van der Waals surface area contributed by atoms with Crippen molar-refractivity contribution in [2.45, 2.75) is 42.6 Å². The first-order valence-electron chi connectivity index (χ1n) is 8.31. The van der Waals surface area contributed by atoms with Gasteiger partial charge >= 0.3 is 5.97 Å². The highest BCUT2D eigenvalue weighted by Crippen LogP contribution is 2.45. The quantitative estimate of drug-likeness (QED) is 0.233. The van der Waals surface area contributed by atoms with Crippen molar-refractivity contribution in [3.05, 3.63) is 24.0 Å². The highest BCUT2D eigenvalue weighted by Gasteiger charge is 2.55. The van der Waals surface area contributed by atoms with Gasteiger partial charge in [-0.3, -0.25) is 0 Å². The molecule has 9 atom stereocenters. The lowest BCUT2D eigenvalue weighted by Crippen LogP contribution is -2.61. The number of carboxylic acids is 1. The summed E-state index contributed by atoms with van der Waals surface area (Å²) in [4.78, 5) is 11.4. The molecule has 27 heavy (non-hydrogen) atoms. The fourth-order valence-corrected chi connectivity index (χ4v) is 3.60. The summed E-state index contributed by atoms with van der Waals surface area (Å²) in [6.07, 6.45) is -5.48. The Morgan fingerprint density at radius 3 is 2.44 bits per heavy atom. The molecule has 1 fully saturated rings. The molecule has 2 heterocycles. The van der Waals surface area contributed by atoms with E-state index in [-0.39, 0.29) is 5.57 Å². The van der Waals surface area contributed by atoms with Crippen LogP contribution in [0.1, 0.15) is 0 Å². The first-order valence-corrected chi connectivity index (χ1v) is 8.31. The summed E-state index contributed by atoms with van der Waals surface area (Å²) in [6.45, 7) is -1.40. The molecule has 1 aliphatic carbocycles. The number of aliphatic carboxylic acids is 1. The van der Waals surface area contributed by atoms with Gasteiger partial charge in [0.05, 0.1) is 31.0 Å². The van der Waals surface area contributed by atoms with Gasteiger partial charge in [0.2, 0.25) is 6.29 Å². The van der Waals surface area contributed by atoms with Gasteiger partial charge in [0, 0.05) is 5.92 Å². The molecule has 11 nitrogen and oxygen atoms in total. The number of aliphatic hydroxyl groups is 6. The minimum absolute atomic E-state index is 0.158. The molecule has 0 aromatic carbocycles. The first kappa shape index (κ1) is 20.2. The Morgan fingerprint density at radius 2 is 1.85 bits per heavy atom. The number of rotatable bonds is 5. The maximum Gasteiger partial charge on any atom is 0.335 e. The van der Waals surface area contributed by atoms with E-state index < -0.39 is 73.6 Å². The molecular weight excluding hydrogens is 368 g/mol. The highest BCUT2D eigenvalue weighted by atomic mass is 16.8. The summed E-state index contributed by atoms with van der Waals surface area (Å²) >= 11 is 0. The number of hydrogen-bond donors (Lipinski definition) is 7. The van der Waals surface area contributed by atoms with Gasteiger partial charge in [-0.05, 0) is 0 Å². The van der Waals surface area contributed by atoms with E-state index in [1.807, 2.05) is 0 Å². The Bertz CT molecular complexity index is 632. The number of hydrogen-bond acceptors (Lipinski definition) is 10. The maximum atomic E-state index is 11.4. The number of carbonyl (C=O) groups is 1. The lowest BCUT2D eigenvalue weighted by molar-refractivity contribution is -0.346. The fourth-order valence-electron chi connectivity index (χ4n) is 3.60. The molecule has 0 saturated carbocycles. The summed E-state index contributed by atoms with van der Waals surface area (Å²) in [5.74, 6) is -3.20. The summed E-state index contributed by atoms with van der Waals surface area (Å²) in [5.41, 5.74) is -2.01. The second-order valence-corrected chi connectivity index (χ2v) is 6.78. The second kappa shape index (κ2) is 7.45. The molecule has 3 rings (SSSR count). The molecular formula is C16H22O11. The molecule has 0 aromatic rings. The third-order valence-corrected chi connectivity index (χ3v) is 5.15. The van der Waals surface area contributed by atoms with Crippen molar-refractivity contribution >= 4 is 5.97 Å². The number of fused-ring (bicyclic) bond motifs is 1. The Kier molecular flexibility index (Phi) is 5.57. The average molecular weight is 390 g/mol. The Hall–Kier alpha value is -1.57. The van der Waals surface area contributed by atoms with Gasteiger partial charge in [-0.25, -0.2) is 4.79 Å². The van der Waals surface area contributed by atoms with E-state index in [4.69, 9.17) is 14.2 Å². The van der Waals surface area contributed by atoms with Crippen LogP contribution < -0.4 is 0 Å². The summed E-state index contributed by atoms with van der Waals surface area (Å²) in [5, 5.41) is 68.4. The minimum Gasteiger partial charge on any atom is -0.478 e. The van der Waals surface area contributed by atoms with Gasteiger partial charge in [0.1, 0.15) is 30.0 Å². The Balaban J connectivity index is 1.84. The van der Waals surface area contributed by atoms with Gasteiger partial charge in [0.25, 0.3) is 0 Å². The van der Waals surface area contributed by atoms with Crippen LogP contribution in [-0.2, 0) is 19.0 Å². The fraction of sp³-hybridized carbons (Fsp3) is 0.688. The van der Waals surface area contributed by atoms with E-state index in [9.17, 15) is 40.5 Å². The van der Waals surface area contributed by atoms with Crippen molar-refractivity contribution in [2.24, 2.45) is 11.8 Å². The molecule has 11 heteroatoms. The molecule has 2 unspecified atom stereocenters. The summed E-state index contributed by atoms with van der Waals surface area (Å²) < 4.78 is 16.0. The number of ether oxygens (including phenoxy) is 3. The van der Waals surface area contributed by atoms with Crippen molar-refractivity contribution in [1.82, 2.24) is 0 Å². The van der Waals surface area contributed by atoms with Gasteiger partial charge in [-0.15, -0.1) is 0 Å². The summed E-state index contributed by atoms with van der Waals surface area (Å²) in [6, 6.07) is 0. The zero-order valence-electron chi connectivity index (χ0n) is 14.0. The van der Waals surface area contributed by atoms with Gasteiger partial charge in [-0.1, -0.05) is 12.2 Å². The standard InChI is InChI=1S/C16H22O11/c17-3-8-10(19)11(20)12(21)15(26-8)27-14-9-6(1-2-16(9,24)5-18)7(4-25-14)13(22)23/h1-2,4,6,8-12,14-15,17-21,24H,3,5H2,(H,22,23)/t6-,8-,9?,10-,11+,12-,14?,15+,16+/m1/s1. The minimum atomic E-state index is -1.85. The van der Waals surface area contributed by atoms with Crippen LogP contribution in [0.3, 0.4) is 0 Å². The van der Waals surface area contributed by atoms with Crippen molar-refractivity contribution in [1.29, 1.82) is 0 Å². The van der Waals surface area contributed by atoms with Crippen LogP contribution >= 0.6 is 0 Å². The first-order chi connectivity index (χ1) is 12.7. The predicted octanol–water partition coefficient (Wildman–Crippen LogP) is -3.35. The van der Waals surface area contributed by atoms with Crippen LogP contribution in [0.4, 0.5) is 0 Å². The number of allylic oxidation sites excluding steroid dienone is 1. The average Bonchev–Trinajstić information content (AvgIpc) is 3.01. The summed E-state index contributed by atoms with van der Waals surface area (Å²) in [7, 11) is 0. The lowest BCUT2D eigenvalue weighted by atomic mass is 9.79. The second-order valence-electron chi connectivity index (χ2n) is 6.78. The Morgan fingerprint density at radius 1 is 1.15 bits per heavy atom. The molecule has 0 radical (unpaired) electrons. The normalized spacial score (nSPS) is 46.5. The molecule has 3 aliphatic rings. The third kappa shape index (κ3) is 3.37.